The molecule has 6 nitrogen and oxygen atoms in total. The predicted octanol–water partition coefficient (Wildman–Crippen LogP) is 4.36. The van der Waals surface area contributed by atoms with E-state index >= 15 is 0 Å². The van der Waals surface area contributed by atoms with Gasteiger partial charge >= 0.3 is 0 Å². The molecule has 0 unspecified atom stereocenters. The van der Waals surface area contributed by atoms with Crippen molar-refractivity contribution in [1.29, 1.82) is 0 Å². The molecule has 3 aliphatic heterocycles. The number of amides is 1. The number of aromatic hydroxyl groups is 1. The van der Waals surface area contributed by atoms with Crippen LogP contribution in [0.4, 0.5) is 0 Å². The van der Waals surface area contributed by atoms with Gasteiger partial charge in [-0.3, -0.25) is 19.3 Å². The van der Waals surface area contributed by atoms with Crippen molar-refractivity contribution in [3.63, 3.8) is 0 Å². The lowest BCUT2D eigenvalue weighted by Gasteiger charge is -2.52. The average Bonchev–Trinajstić information content (AvgIpc) is 3.00. The minimum Gasteiger partial charge on any atom is -0.502 e. The van der Waals surface area contributed by atoms with Gasteiger partial charge in [0.25, 0.3) is 5.91 Å². The second kappa shape index (κ2) is 7.83. The van der Waals surface area contributed by atoms with Gasteiger partial charge in [0.2, 0.25) is 5.43 Å². The summed E-state index contributed by atoms with van der Waals surface area (Å²) in [4.78, 5) is 29.1. The van der Waals surface area contributed by atoms with Crippen LogP contribution in [-0.2, 0) is 5.75 Å². The third-order valence-corrected chi connectivity index (χ3v) is 8.59. The van der Waals surface area contributed by atoms with E-state index < -0.39 is 11.2 Å². The summed E-state index contributed by atoms with van der Waals surface area (Å²) >= 11 is 1.92. The fourth-order valence-electron chi connectivity index (χ4n) is 5.83. The van der Waals surface area contributed by atoms with Gasteiger partial charge in [-0.05, 0) is 66.2 Å². The number of carbonyl (C=O) groups is 1. The van der Waals surface area contributed by atoms with E-state index in [1.807, 2.05) is 16.7 Å². The van der Waals surface area contributed by atoms with E-state index in [1.165, 1.54) is 33.2 Å². The fourth-order valence-corrected chi connectivity index (χ4v) is 7.02. The summed E-state index contributed by atoms with van der Waals surface area (Å²) in [6, 6.07) is 7.75. The number of pyridine rings is 1. The maximum atomic E-state index is 13.5. The van der Waals surface area contributed by atoms with Crippen LogP contribution in [-0.4, -0.2) is 33.3 Å². The molecule has 1 N–H and O–H groups in total. The number of fused-ring (bicyclic) bond motifs is 3. The van der Waals surface area contributed by atoms with Crippen molar-refractivity contribution in [2.45, 2.75) is 57.0 Å². The van der Waals surface area contributed by atoms with E-state index in [2.05, 4.69) is 42.3 Å². The summed E-state index contributed by atoms with van der Waals surface area (Å²) in [7, 11) is 0. The van der Waals surface area contributed by atoms with Crippen LogP contribution in [0.1, 0.15) is 65.3 Å². The number of hydrogen-bond donors (Lipinski definition) is 1. The molecule has 0 radical (unpaired) electrons. The second-order valence-electron chi connectivity index (χ2n) is 9.24. The largest absolute Gasteiger partial charge is 0.502 e. The van der Waals surface area contributed by atoms with Crippen molar-refractivity contribution >= 4 is 17.7 Å². The number of benzene rings is 1. The van der Waals surface area contributed by atoms with Crippen molar-refractivity contribution < 1.29 is 9.90 Å². The molecule has 170 valence electrons. The number of thioether (sulfide) groups is 1. The Balaban J connectivity index is 1.66. The molecule has 4 heterocycles. The first-order chi connectivity index (χ1) is 16.1. The number of nitrogens with zero attached hydrogens (tertiary/aromatic N) is 3. The number of aromatic nitrogens is 1. The van der Waals surface area contributed by atoms with Crippen molar-refractivity contribution in [1.82, 2.24) is 9.58 Å². The molecule has 2 aromatic rings. The zero-order valence-corrected chi connectivity index (χ0v) is 19.5. The van der Waals surface area contributed by atoms with Gasteiger partial charge in [-0.1, -0.05) is 30.4 Å². The SMILES string of the molecule is Cc1cccc2c1[C@H](N1[C@@H]3CCCCN3C(=O)c3c(O)c(=O)ccn31)C1=C(CCC=C1)SC2. The highest BCUT2D eigenvalue weighted by Gasteiger charge is 2.45. The van der Waals surface area contributed by atoms with E-state index in [0.29, 0.717) is 6.54 Å². The molecule has 1 saturated heterocycles. The highest BCUT2D eigenvalue weighted by atomic mass is 32.2. The van der Waals surface area contributed by atoms with Gasteiger partial charge in [-0.25, -0.2) is 0 Å². The van der Waals surface area contributed by atoms with Gasteiger partial charge in [0.05, 0.1) is 6.04 Å². The van der Waals surface area contributed by atoms with E-state index in [9.17, 15) is 14.7 Å². The molecule has 1 fully saturated rings. The maximum absolute atomic E-state index is 13.5. The minimum atomic E-state index is -0.518. The molecular formula is C26H27N3O3S. The van der Waals surface area contributed by atoms with Crippen LogP contribution in [0.3, 0.4) is 0 Å². The summed E-state index contributed by atoms with van der Waals surface area (Å²) in [6.07, 6.45) is 10.9. The van der Waals surface area contributed by atoms with E-state index in [1.54, 1.807) is 10.9 Å². The summed E-state index contributed by atoms with van der Waals surface area (Å²) in [5, 5.41) is 13.0. The third-order valence-electron chi connectivity index (χ3n) is 7.35. The van der Waals surface area contributed by atoms with Gasteiger partial charge in [0.1, 0.15) is 6.17 Å². The molecule has 1 aliphatic carbocycles. The highest BCUT2D eigenvalue weighted by molar-refractivity contribution is 8.02. The molecule has 4 aliphatic rings. The summed E-state index contributed by atoms with van der Waals surface area (Å²) < 4.78 is 1.77. The van der Waals surface area contributed by atoms with Gasteiger partial charge in [-0.2, -0.15) is 0 Å². The molecule has 1 amide bonds. The van der Waals surface area contributed by atoms with Gasteiger partial charge in [0, 0.05) is 24.6 Å². The third kappa shape index (κ3) is 3.09. The number of hydrogen-bond acceptors (Lipinski definition) is 5. The van der Waals surface area contributed by atoms with Crippen LogP contribution in [0.2, 0.25) is 0 Å². The number of piperidine rings is 1. The standard InChI is InChI=1S/C26H27N3O3S/c1-16-7-6-8-17-15-33-20-10-3-2-9-18(20)23(22(16)17)29-21-11-4-5-13-27(21)26(32)24-25(31)19(30)12-14-28(24)29/h2,6-9,12,14,21,23,31H,3-5,10-11,13,15H2,1H3/t21-,23-/m1/s1. The topological polar surface area (TPSA) is 65.8 Å². The van der Waals surface area contributed by atoms with Gasteiger partial charge in [-0.15, -0.1) is 11.8 Å². The first-order valence-corrected chi connectivity index (χ1v) is 12.7. The molecule has 33 heavy (non-hydrogen) atoms. The maximum Gasteiger partial charge on any atom is 0.278 e. The summed E-state index contributed by atoms with van der Waals surface area (Å²) in [5.74, 6) is 0.203. The van der Waals surface area contributed by atoms with Crippen molar-refractivity contribution in [3.05, 3.63) is 85.7 Å². The lowest BCUT2D eigenvalue weighted by atomic mass is 9.87. The Labute approximate surface area is 197 Å². The normalized spacial score (nSPS) is 24.1. The monoisotopic (exact) mass is 461 g/mol. The van der Waals surface area contributed by atoms with Crippen molar-refractivity contribution in [2.75, 3.05) is 11.6 Å². The van der Waals surface area contributed by atoms with Crippen LogP contribution < -0.4 is 10.4 Å². The molecule has 6 rings (SSSR count). The zero-order chi connectivity index (χ0) is 22.7. The van der Waals surface area contributed by atoms with Gasteiger partial charge < -0.3 is 10.0 Å². The number of allylic oxidation sites excluding steroid dienone is 2. The zero-order valence-electron chi connectivity index (χ0n) is 18.7. The van der Waals surface area contributed by atoms with Crippen LogP contribution in [0.5, 0.6) is 5.75 Å². The smallest absolute Gasteiger partial charge is 0.278 e. The molecule has 0 saturated carbocycles. The summed E-state index contributed by atoms with van der Waals surface area (Å²) in [6.45, 7) is 2.79. The Morgan fingerprint density at radius 1 is 1.15 bits per heavy atom. The first kappa shape index (κ1) is 20.7. The van der Waals surface area contributed by atoms with Crippen molar-refractivity contribution in [2.24, 2.45) is 0 Å². The van der Waals surface area contributed by atoms with Crippen LogP contribution in [0.15, 0.2) is 57.9 Å². The molecule has 7 heteroatoms. The molecule has 2 atom stereocenters. The van der Waals surface area contributed by atoms with E-state index in [4.69, 9.17) is 0 Å². The van der Waals surface area contributed by atoms with Gasteiger partial charge in [0.15, 0.2) is 11.4 Å². The van der Waals surface area contributed by atoms with Crippen LogP contribution in [0, 0.1) is 6.92 Å². The highest BCUT2D eigenvalue weighted by Crippen LogP contribution is 2.48. The predicted molar refractivity (Wildman–Crippen MR) is 130 cm³/mol. The fraction of sp³-hybridized carbons (Fsp3) is 0.385. The first-order valence-electron chi connectivity index (χ1n) is 11.7. The van der Waals surface area contributed by atoms with Crippen LogP contribution >= 0.6 is 11.8 Å². The number of rotatable bonds is 1. The second-order valence-corrected chi connectivity index (χ2v) is 10.3. The molecule has 1 aromatic carbocycles. The number of carbonyl (C=O) groups excluding carboxylic acids is 1. The minimum absolute atomic E-state index is 0.0784. The Bertz CT molecular complexity index is 1280. The lowest BCUT2D eigenvalue weighted by molar-refractivity contribution is 0.0462. The molecule has 0 spiro atoms. The number of aryl methyl sites for hydroxylation is 1. The van der Waals surface area contributed by atoms with E-state index in [0.717, 1.165) is 37.9 Å². The Morgan fingerprint density at radius 2 is 2.03 bits per heavy atom. The van der Waals surface area contributed by atoms with Crippen LogP contribution in [0.25, 0.3) is 0 Å². The Kier molecular flexibility index (Phi) is 4.91. The Hall–Kier alpha value is -2.93. The Morgan fingerprint density at radius 3 is 2.91 bits per heavy atom. The molecule has 0 bridgehead atoms. The van der Waals surface area contributed by atoms with E-state index in [-0.39, 0.29) is 23.8 Å². The lowest BCUT2D eigenvalue weighted by Crippen LogP contribution is -2.63. The summed E-state index contributed by atoms with van der Waals surface area (Å²) in [5.41, 5.74) is 4.62. The van der Waals surface area contributed by atoms with Crippen molar-refractivity contribution in [3.8, 4) is 5.75 Å². The molecule has 1 aromatic heterocycles. The molecular weight excluding hydrogens is 434 g/mol. The average molecular weight is 462 g/mol. The quantitative estimate of drug-likeness (QED) is 0.684.